The summed E-state index contributed by atoms with van der Waals surface area (Å²) in [6.07, 6.45) is 0. The van der Waals surface area contributed by atoms with Crippen LogP contribution in [0, 0.1) is 0 Å². The van der Waals surface area contributed by atoms with E-state index in [4.69, 9.17) is 0 Å². The standard InChI is InChI=1S/C9H7N3O/c1-10-9-11-7-5-3-2-4-6(7)8(13)12-9/h2-5H,1H2,(H,11,12,13). The second-order valence-electron chi connectivity index (χ2n) is 2.56. The molecule has 0 atom stereocenters. The molecule has 0 aliphatic rings. The summed E-state index contributed by atoms with van der Waals surface area (Å²) in [7, 11) is 0. The number of aromatic nitrogens is 2. The molecule has 0 aliphatic carbocycles. The van der Waals surface area contributed by atoms with E-state index in [1.165, 1.54) is 0 Å². The molecule has 64 valence electrons. The van der Waals surface area contributed by atoms with Crippen molar-refractivity contribution in [2.45, 2.75) is 0 Å². The van der Waals surface area contributed by atoms with Crippen LogP contribution in [0.15, 0.2) is 34.1 Å². The summed E-state index contributed by atoms with van der Waals surface area (Å²) >= 11 is 0. The van der Waals surface area contributed by atoms with E-state index in [0.717, 1.165) is 0 Å². The number of H-pyrrole nitrogens is 1. The van der Waals surface area contributed by atoms with Gasteiger partial charge in [-0.15, -0.1) is 0 Å². The van der Waals surface area contributed by atoms with Crippen LogP contribution in [0.1, 0.15) is 0 Å². The van der Waals surface area contributed by atoms with E-state index < -0.39 is 0 Å². The Balaban J connectivity index is 2.92. The number of nitrogens with one attached hydrogen (secondary N) is 1. The first kappa shape index (κ1) is 7.67. The van der Waals surface area contributed by atoms with Crippen molar-refractivity contribution in [3.8, 4) is 0 Å². The van der Waals surface area contributed by atoms with Gasteiger partial charge in [-0.1, -0.05) is 12.1 Å². The highest BCUT2D eigenvalue weighted by atomic mass is 16.1. The maximum Gasteiger partial charge on any atom is 0.260 e. The lowest BCUT2D eigenvalue weighted by Crippen LogP contribution is -2.06. The van der Waals surface area contributed by atoms with E-state index in [-0.39, 0.29) is 11.5 Å². The molecular weight excluding hydrogens is 166 g/mol. The molecule has 0 unspecified atom stereocenters. The van der Waals surface area contributed by atoms with Gasteiger partial charge in [0.25, 0.3) is 5.56 Å². The number of nitrogens with zero attached hydrogens (tertiary/aromatic N) is 2. The molecule has 1 heterocycles. The maximum absolute atomic E-state index is 11.4. The summed E-state index contributed by atoms with van der Waals surface area (Å²) in [6, 6.07) is 7.09. The van der Waals surface area contributed by atoms with E-state index in [1.54, 1.807) is 18.2 Å². The molecule has 0 radical (unpaired) electrons. The summed E-state index contributed by atoms with van der Waals surface area (Å²) in [5.41, 5.74) is 0.446. The summed E-state index contributed by atoms with van der Waals surface area (Å²) in [4.78, 5) is 21.5. The minimum absolute atomic E-state index is 0.187. The van der Waals surface area contributed by atoms with Gasteiger partial charge in [-0.3, -0.25) is 9.78 Å². The molecule has 0 saturated heterocycles. The summed E-state index contributed by atoms with van der Waals surface area (Å²) in [5, 5.41) is 0.565. The van der Waals surface area contributed by atoms with Gasteiger partial charge in [-0.2, -0.15) is 0 Å². The number of aliphatic imine (C=N–C) groups is 1. The molecule has 2 rings (SSSR count). The van der Waals surface area contributed by atoms with Crippen LogP contribution in [0.2, 0.25) is 0 Å². The van der Waals surface area contributed by atoms with Crippen molar-refractivity contribution in [3.05, 3.63) is 34.6 Å². The van der Waals surface area contributed by atoms with Crippen LogP contribution < -0.4 is 5.56 Å². The number of fused-ring (bicyclic) bond motifs is 1. The maximum atomic E-state index is 11.4. The average molecular weight is 173 g/mol. The van der Waals surface area contributed by atoms with E-state index in [2.05, 4.69) is 21.7 Å². The van der Waals surface area contributed by atoms with Gasteiger partial charge >= 0.3 is 0 Å². The Morgan fingerprint density at radius 2 is 2.15 bits per heavy atom. The topological polar surface area (TPSA) is 58.1 Å². The number of aromatic amines is 1. The van der Waals surface area contributed by atoms with Crippen LogP contribution in [-0.4, -0.2) is 16.7 Å². The fraction of sp³-hybridized carbons (Fsp3) is 0. The third-order valence-electron chi connectivity index (χ3n) is 1.75. The van der Waals surface area contributed by atoms with Gasteiger partial charge in [0.2, 0.25) is 5.95 Å². The Bertz CT molecular complexity index is 515. The SMILES string of the molecule is C=Nc1nc2ccccc2c(=O)[nH]1. The fourth-order valence-electron chi connectivity index (χ4n) is 1.15. The van der Waals surface area contributed by atoms with Crippen molar-refractivity contribution in [2.75, 3.05) is 0 Å². The molecule has 2 aromatic rings. The van der Waals surface area contributed by atoms with Gasteiger partial charge < -0.3 is 0 Å². The number of hydrogen-bond acceptors (Lipinski definition) is 3. The Morgan fingerprint density at radius 3 is 2.92 bits per heavy atom. The minimum atomic E-state index is -0.187. The molecule has 4 nitrogen and oxygen atoms in total. The molecule has 0 fully saturated rings. The second-order valence-corrected chi connectivity index (χ2v) is 2.56. The van der Waals surface area contributed by atoms with E-state index >= 15 is 0 Å². The van der Waals surface area contributed by atoms with Gasteiger partial charge in [0.1, 0.15) is 0 Å². The van der Waals surface area contributed by atoms with Crippen LogP contribution in [0.5, 0.6) is 0 Å². The highest BCUT2D eigenvalue weighted by Crippen LogP contribution is 2.08. The number of rotatable bonds is 1. The Kier molecular flexibility index (Phi) is 1.66. The monoisotopic (exact) mass is 173 g/mol. The zero-order chi connectivity index (χ0) is 9.26. The summed E-state index contributed by atoms with van der Waals surface area (Å²) < 4.78 is 0. The van der Waals surface area contributed by atoms with Crippen LogP contribution in [0.25, 0.3) is 10.9 Å². The van der Waals surface area contributed by atoms with E-state index in [0.29, 0.717) is 10.9 Å². The minimum Gasteiger partial charge on any atom is -0.290 e. The van der Waals surface area contributed by atoms with Crippen LogP contribution >= 0.6 is 0 Å². The lowest BCUT2D eigenvalue weighted by Gasteiger charge is -1.96. The zero-order valence-electron chi connectivity index (χ0n) is 6.82. The Morgan fingerprint density at radius 1 is 1.38 bits per heavy atom. The first-order chi connectivity index (χ1) is 6.31. The molecule has 0 spiro atoms. The number of hydrogen-bond donors (Lipinski definition) is 1. The van der Waals surface area contributed by atoms with E-state index in [9.17, 15) is 4.79 Å². The molecular formula is C9H7N3O. The molecule has 0 bridgehead atoms. The smallest absolute Gasteiger partial charge is 0.260 e. The van der Waals surface area contributed by atoms with Crippen molar-refractivity contribution in [1.29, 1.82) is 0 Å². The van der Waals surface area contributed by atoms with Gasteiger partial charge in [-0.05, 0) is 18.9 Å². The second kappa shape index (κ2) is 2.82. The summed E-state index contributed by atoms with van der Waals surface area (Å²) in [5.74, 6) is 0.253. The lowest BCUT2D eigenvalue weighted by molar-refractivity contribution is 1.15. The van der Waals surface area contributed by atoms with Crippen molar-refractivity contribution < 1.29 is 0 Å². The quantitative estimate of drug-likeness (QED) is 0.660. The Hall–Kier alpha value is -1.97. The predicted octanol–water partition coefficient (Wildman–Crippen LogP) is 1.26. The largest absolute Gasteiger partial charge is 0.290 e. The predicted molar refractivity (Wildman–Crippen MR) is 51.6 cm³/mol. The molecule has 1 aromatic carbocycles. The van der Waals surface area contributed by atoms with Gasteiger partial charge in [-0.25, -0.2) is 9.98 Å². The molecule has 13 heavy (non-hydrogen) atoms. The van der Waals surface area contributed by atoms with E-state index in [1.807, 2.05) is 6.07 Å². The number of para-hydroxylation sites is 1. The Labute approximate surface area is 74.0 Å². The molecule has 0 aliphatic heterocycles. The van der Waals surface area contributed by atoms with Gasteiger partial charge in [0.15, 0.2) is 0 Å². The number of benzene rings is 1. The van der Waals surface area contributed by atoms with Crippen molar-refractivity contribution >= 4 is 23.6 Å². The molecule has 1 aromatic heterocycles. The molecule has 1 N–H and O–H groups in total. The normalized spacial score (nSPS) is 10.2. The summed E-state index contributed by atoms with van der Waals surface area (Å²) in [6.45, 7) is 3.30. The average Bonchev–Trinajstić information content (AvgIpc) is 2.18. The first-order valence-corrected chi connectivity index (χ1v) is 3.77. The van der Waals surface area contributed by atoms with Crippen molar-refractivity contribution in [2.24, 2.45) is 4.99 Å². The highest BCUT2D eigenvalue weighted by molar-refractivity contribution is 5.78. The van der Waals surface area contributed by atoms with Gasteiger partial charge in [0, 0.05) is 0 Å². The lowest BCUT2D eigenvalue weighted by atomic mass is 10.2. The molecule has 4 heteroatoms. The third-order valence-corrected chi connectivity index (χ3v) is 1.75. The molecule has 0 amide bonds. The highest BCUT2D eigenvalue weighted by Gasteiger charge is 1.99. The van der Waals surface area contributed by atoms with Crippen LogP contribution in [-0.2, 0) is 0 Å². The fourth-order valence-corrected chi connectivity index (χ4v) is 1.15. The third kappa shape index (κ3) is 1.22. The van der Waals surface area contributed by atoms with Crippen molar-refractivity contribution in [3.63, 3.8) is 0 Å². The van der Waals surface area contributed by atoms with Crippen LogP contribution in [0.4, 0.5) is 5.95 Å². The first-order valence-electron chi connectivity index (χ1n) is 3.77. The zero-order valence-corrected chi connectivity index (χ0v) is 6.82. The van der Waals surface area contributed by atoms with Crippen LogP contribution in [0.3, 0.4) is 0 Å². The van der Waals surface area contributed by atoms with Gasteiger partial charge in [0.05, 0.1) is 10.9 Å². The molecule has 0 saturated carbocycles. The van der Waals surface area contributed by atoms with Crippen molar-refractivity contribution in [1.82, 2.24) is 9.97 Å².